The molecule has 148 valence electrons. The van der Waals surface area contributed by atoms with Crippen LogP contribution >= 0.6 is 0 Å². The molecule has 4 nitrogen and oxygen atoms in total. The average Bonchev–Trinajstić information content (AvgIpc) is 3.32. The molecule has 4 heteroatoms. The monoisotopic (exact) mass is 377 g/mol. The topological polar surface area (TPSA) is 35.6 Å². The summed E-state index contributed by atoms with van der Waals surface area (Å²) in [7, 11) is 2.16. The highest BCUT2D eigenvalue weighted by Gasteiger charge is 2.26. The Balaban J connectivity index is 1.45. The SMILES string of the molecule is Cc1cccc(CC(=O)NC[C@H](c2ccc3c(c2)CCN3C)N2CCCC2)c1. The number of aryl methyl sites for hydroxylation is 1. The fourth-order valence-electron chi connectivity index (χ4n) is 4.59. The molecule has 0 saturated carbocycles. The van der Waals surface area contributed by atoms with Gasteiger partial charge >= 0.3 is 0 Å². The zero-order chi connectivity index (χ0) is 19.5. The van der Waals surface area contributed by atoms with Gasteiger partial charge in [0.2, 0.25) is 5.91 Å². The Morgan fingerprint density at radius 2 is 1.93 bits per heavy atom. The molecule has 0 aromatic heterocycles. The summed E-state index contributed by atoms with van der Waals surface area (Å²) in [4.78, 5) is 17.4. The van der Waals surface area contributed by atoms with Crippen LogP contribution in [0.25, 0.3) is 0 Å². The van der Waals surface area contributed by atoms with Crippen LogP contribution in [-0.4, -0.2) is 44.0 Å². The van der Waals surface area contributed by atoms with Crippen molar-refractivity contribution in [3.63, 3.8) is 0 Å². The standard InChI is InChI=1S/C24H31N3O/c1-18-6-5-7-19(14-18)15-24(28)25-17-23(27-11-3-4-12-27)20-8-9-22-21(16-20)10-13-26(22)2/h5-9,14,16,23H,3-4,10-13,15,17H2,1-2H3,(H,25,28)/t23-/m1/s1. The lowest BCUT2D eigenvalue weighted by atomic mass is 10.0. The highest BCUT2D eigenvalue weighted by molar-refractivity contribution is 5.78. The maximum Gasteiger partial charge on any atom is 0.224 e. The number of nitrogens with one attached hydrogen (secondary N) is 1. The van der Waals surface area contributed by atoms with Crippen molar-refractivity contribution in [1.82, 2.24) is 10.2 Å². The van der Waals surface area contributed by atoms with Crippen molar-refractivity contribution in [2.75, 3.05) is 38.1 Å². The summed E-state index contributed by atoms with van der Waals surface area (Å²) >= 11 is 0. The lowest BCUT2D eigenvalue weighted by Gasteiger charge is -2.29. The molecule has 0 radical (unpaired) electrons. The second kappa shape index (κ2) is 8.36. The molecular formula is C24H31N3O. The minimum absolute atomic E-state index is 0.107. The number of likely N-dealkylation sites (N-methyl/N-ethyl adjacent to an activating group) is 1. The summed E-state index contributed by atoms with van der Waals surface area (Å²) in [5, 5.41) is 3.21. The maximum absolute atomic E-state index is 12.6. The van der Waals surface area contributed by atoms with Gasteiger partial charge in [0, 0.05) is 25.8 Å². The molecule has 2 aliphatic rings. The second-order valence-corrected chi connectivity index (χ2v) is 8.29. The van der Waals surface area contributed by atoms with Crippen LogP contribution in [0.4, 0.5) is 5.69 Å². The number of nitrogens with zero attached hydrogens (tertiary/aromatic N) is 2. The van der Waals surface area contributed by atoms with E-state index in [0.29, 0.717) is 13.0 Å². The van der Waals surface area contributed by atoms with E-state index in [2.05, 4.69) is 59.4 Å². The van der Waals surface area contributed by atoms with Crippen LogP contribution in [0, 0.1) is 6.92 Å². The number of hydrogen-bond donors (Lipinski definition) is 1. The third kappa shape index (κ3) is 4.22. The van der Waals surface area contributed by atoms with Crippen molar-refractivity contribution >= 4 is 11.6 Å². The molecule has 2 aromatic rings. The Labute approximate surface area is 168 Å². The molecule has 0 bridgehead atoms. The zero-order valence-corrected chi connectivity index (χ0v) is 17.1. The Morgan fingerprint density at radius 3 is 2.71 bits per heavy atom. The number of hydrogen-bond acceptors (Lipinski definition) is 3. The van der Waals surface area contributed by atoms with E-state index in [-0.39, 0.29) is 11.9 Å². The summed E-state index contributed by atoms with van der Waals surface area (Å²) in [5.74, 6) is 0.107. The lowest BCUT2D eigenvalue weighted by molar-refractivity contribution is -0.120. The molecule has 1 saturated heterocycles. The summed E-state index contributed by atoms with van der Waals surface area (Å²) in [6.07, 6.45) is 4.07. The van der Waals surface area contributed by atoms with E-state index in [0.717, 1.165) is 31.6 Å². The number of benzene rings is 2. The maximum atomic E-state index is 12.6. The first-order valence-corrected chi connectivity index (χ1v) is 10.5. The van der Waals surface area contributed by atoms with Crippen LogP contribution in [0.5, 0.6) is 0 Å². The van der Waals surface area contributed by atoms with Gasteiger partial charge in [-0.1, -0.05) is 42.0 Å². The van der Waals surface area contributed by atoms with Gasteiger partial charge in [-0.25, -0.2) is 0 Å². The summed E-state index contributed by atoms with van der Waals surface area (Å²) in [6.45, 7) is 6.08. The fraction of sp³-hybridized carbons (Fsp3) is 0.458. The fourth-order valence-corrected chi connectivity index (χ4v) is 4.59. The molecule has 2 heterocycles. The van der Waals surface area contributed by atoms with Crippen molar-refractivity contribution in [3.05, 3.63) is 64.7 Å². The Hall–Kier alpha value is -2.33. The van der Waals surface area contributed by atoms with Gasteiger partial charge in [-0.15, -0.1) is 0 Å². The molecule has 28 heavy (non-hydrogen) atoms. The molecular weight excluding hydrogens is 346 g/mol. The molecule has 0 spiro atoms. The van der Waals surface area contributed by atoms with Gasteiger partial charge in [-0.2, -0.15) is 0 Å². The Bertz CT molecular complexity index is 841. The third-order valence-electron chi connectivity index (χ3n) is 6.14. The van der Waals surface area contributed by atoms with Crippen molar-refractivity contribution < 1.29 is 4.79 Å². The molecule has 1 amide bonds. The van der Waals surface area contributed by atoms with Crippen LogP contribution in [-0.2, 0) is 17.6 Å². The molecule has 1 N–H and O–H groups in total. The van der Waals surface area contributed by atoms with Crippen LogP contribution in [0.1, 0.15) is 41.1 Å². The number of likely N-dealkylation sites (tertiary alicyclic amines) is 1. The van der Waals surface area contributed by atoms with Crippen molar-refractivity contribution in [3.8, 4) is 0 Å². The highest BCUT2D eigenvalue weighted by Crippen LogP contribution is 2.32. The van der Waals surface area contributed by atoms with E-state index in [4.69, 9.17) is 0 Å². The van der Waals surface area contributed by atoms with Gasteiger partial charge in [0.1, 0.15) is 0 Å². The molecule has 1 atom stereocenters. The smallest absolute Gasteiger partial charge is 0.224 e. The highest BCUT2D eigenvalue weighted by atomic mass is 16.1. The first kappa shape index (κ1) is 19.0. The van der Waals surface area contributed by atoms with Gasteiger partial charge in [-0.3, -0.25) is 9.69 Å². The van der Waals surface area contributed by atoms with E-state index in [1.165, 1.54) is 35.2 Å². The molecule has 0 aliphatic carbocycles. The number of rotatable bonds is 6. The van der Waals surface area contributed by atoms with Crippen molar-refractivity contribution in [2.24, 2.45) is 0 Å². The number of fused-ring (bicyclic) bond motifs is 1. The van der Waals surface area contributed by atoms with Gasteiger partial charge < -0.3 is 10.2 Å². The quantitative estimate of drug-likeness (QED) is 0.837. The average molecular weight is 378 g/mol. The van der Waals surface area contributed by atoms with Gasteiger partial charge in [0.05, 0.1) is 12.5 Å². The van der Waals surface area contributed by atoms with E-state index in [1.807, 2.05) is 12.1 Å². The number of amides is 1. The summed E-state index contributed by atoms with van der Waals surface area (Å²) < 4.78 is 0. The Kier molecular flexibility index (Phi) is 5.67. The second-order valence-electron chi connectivity index (χ2n) is 8.29. The van der Waals surface area contributed by atoms with Gasteiger partial charge in [-0.05, 0) is 62.0 Å². The number of carbonyl (C=O) groups is 1. The van der Waals surface area contributed by atoms with E-state index in [9.17, 15) is 4.79 Å². The normalized spacial score (nSPS) is 17.6. The predicted octanol–water partition coefficient (Wildman–Crippen LogP) is 3.48. The first-order valence-electron chi connectivity index (χ1n) is 10.5. The molecule has 2 aromatic carbocycles. The van der Waals surface area contributed by atoms with Gasteiger partial charge in [0.25, 0.3) is 0 Å². The van der Waals surface area contributed by atoms with Crippen molar-refractivity contribution in [2.45, 2.75) is 38.6 Å². The first-order chi connectivity index (χ1) is 13.6. The van der Waals surface area contributed by atoms with E-state index < -0.39 is 0 Å². The summed E-state index contributed by atoms with van der Waals surface area (Å²) in [5.41, 5.74) is 6.41. The van der Waals surface area contributed by atoms with Crippen LogP contribution in [0.3, 0.4) is 0 Å². The third-order valence-corrected chi connectivity index (χ3v) is 6.14. The predicted molar refractivity (Wildman–Crippen MR) is 115 cm³/mol. The van der Waals surface area contributed by atoms with E-state index >= 15 is 0 Å². The summed E-state index contributed by atoms with van der Waals surface area (Å²) in [6, 6.07) is 15.4. The lowest BCUT2D eigenvalue weighted by Crippen LogP contribution is -2.37. The molecule has 0 unspecified atom stereocenters. The largest absolute Gasteiger partial charge is 0.374 e. The van der Waals surface area contributed by atoms with Crippen molar-refractivity contribution in [1.29, 1.82) is 0 Å². The molecule has 1 fully saturated rings. The number of carbonyl (C=O) groups excluding carboxylic acids is 1. The molecule has 4 rings (SSSR count). The molecule has 2 aliphatic heterocycles. The Morgan fingerprint density at radius 1 is 1.11 bits per heavy atom. The van der Waals surface area contributed by atoms with Gasteiger partial charge in [0.15, 0.2) is 0 Å². The van der Waals surface area contributed by atoms with E-state index in [1.54, 1.807) is 0 Å². The minimum Gasteiger partial charge on any atom is -0.374 e. The van der Waals surface area contributed by atoms with Crippen LogP contribution < -0.4 is 10.2 Å². The minimum atomic E-state index is 0.107. The number of anilines is 1. The van der Waals surface area contributed by atoms with Crippen LogP contribution in [0.15, 0.2) is 42.5 Å². The zero-order valence-electron chi connectivity index (χ0n) is 17.1. The van der Waals surface area contributed by atoms with Crippen LogP contribution in [0.2, 0.25) is 0 Å².